The first kappa shape index (κ1) is 30.0. The standard InChI is InChI=1S/C48H29NO3SSi/c1-3-13-37-33(11-1)35-24-21-30(27-40(35)50-37)49(31-22-25-36-34-12-2-4-14-38(34)51-41(36)28-31)32-23-26-46-42(29-32)52-39-15-5-8-18-45(39)54(46)47-19-9-6-16-43(47)53-44-17-7-10-20-48(44)54/h1-29H. The van der Waals surface area contributed by atoms with Crippen LogP contribution >= 0.6 is 11.8 Å². The second kappa shape index (κ2) is 11.3. The highest BCUT2D eigenvalue weighted by molar-refractivity contribution is 8.00. The van der Waals surface area contributed by atoms with Gasteiger partial charge in [-0.15, -0.1) is 0 Å². The maximum atomic E-state index is 6.98. The molecule has 0 amide bonds. The van der Waals surface area contributed by atoms with E-state index in [-0.39, 0.29) is 0 Å². The van der Waals surface area contributed by atoms with Crippen molar-refractivity contribution < 1.29 is 13.6 Å². The summed E-state index contributed by atoms with van der Waals surface area (Å²) in [6, 6.07) is 62.9. The van der Waals surface area contributed by atoms with Crippen molar-refractivity contribution in [2.24, 2.45) is 0 Å². The van der Waals surface area contributed by atoms with Crippen molar-refractivity contribution >= 4 is 102 Å². The summed E-state index contributed by atoms with van der Waals surface area (Å²) in [6.45, 7) is 0. The molecule has 2 aromatic heterocycles. The van der Waals surface area contributed by atoms with E-state index in [0.717, 1.165) is 72.4 Å². The summed E-state index contributed by atoms with van der Waals surface area (Å²) >= 11 is 1.87. The molecule has 6 heteroatoms. The molecule has 2 aliphatic rings. The van der Waals surface area contributed by atoms with Gasteiger partial charge in [-0.05, 0) is 81.4 Å². The van der Waals surface area contributed by atoms with Gasteiger partial charge in [0.1, 0.15) is 33.8 Å². The second-order valence-electron chi connectivity index (χ2n) is 14.0. The van der Waals surface area contributed by atoms with Gasteiger partial charge in [-0.1, -0.05) is 109 Å². The van der Waals surface area contributed by atoms with Crippen LogP contribution in [0.4, 0.5) is 17.1 Å². The van der Waals surface area contributed by atoms with E-state index >= 15 is 0 Å². The lowest BCUT2D eigenvalue weighted by Gasteiger charge is -2.43. The molecule has 0 saturated heterocycles. The Hall–Kier alpha value is -6.47. The summed E-state index contributed by atoms with van der Waals surface area (Å²) in [7, 11) is -2.77. The third-order valence-electron chi connectivity index (χ3n) is 11.2. The molecule has 12 rings (SSSR count). The molecule has 254 valence electrons. The molecule has 1 spiro atoms. The Bertz CT molecular complexity index is 2980. The summed E-state index contributed by atoms with van der Waals surface area (Å²) in [5, 5.41) is 9.74. The van der Waals surface area contributed by atoms with Crippen molar-refractivity contribution in [2.75, 3.05) is 4.90 Å². The fourth-order valence-electron chi connectivity index (χ4n) is 8.90. The van der Waals surface area contributed by atoms with Crippen molar-refractivity contribution in [3.63, 3.8) is 0 Å². The molecule has 2 aliphatic heterocycles. The Morgan fingerprint density at radius 1 is 0.370 bits per heavy atom. The van der Waals surface area contributed by atoms with E-state index in [1.165, 1.54) is 30.5 Å². The highest BCUT2D eigenvalue weighted by Gasteiger charge is 2.52. The van der Waals surface area contributed by atoms with Crippen molar-refractivity contribution in [1.82, 2.24) is 0 Å². The smallest absolute Gasteiger partial charge is 0.190 e. The molecule has 0 bridgehead atoms. The van der Waals surface area contributed by atoms with E-state index in [9.17, 15) is 0 Å². The number of rotatable bonds is 3. The van der Waals surface area contributed by atoms with Crippen LogP contribution < -0.4 is 30.4 Å². The summed E-state index contributed by atoms with van der Waals surface area (Å²) in [6.07, 6.45) is 0. The van der Waals surface area contributed by atoms with E-state index in [0.29, 0.717) is 0 Å². The Morgan fingerprint density at radius 3 is 1.46 bits per heavy atom. The van der Waals surface area contributed by atoms with Crippen LogP contribution in [0.3, 0.4) is 0 Å². The average Bonchev–Trinajstić information content (AvgIpc) is 3.78. The number of fused-ring (bicyclic) bond motifs is 14. The van der Waals surface area contributed by atoms with Gasteiger partial charge in [0.25, 0.3) is 0 Å². The summed E-state index contributed by atoms with van der Waals surface area (Å²) in [5.74, 6) is 1.80. The summed E-state index contributed by atoms with van der Waals surface area (Å²) in [5.41, 5.74) is 6.37. The highest BCUT2D eigenvalue weighted by atomic mass is 32.2. The van der Waals surface area contributed by atoms with Crippen molar-refractivity contribution in [3.05, 3.63) is 176 Å². The minimum Gasteiger partial charge on any atom is -0.457 e. The molecular weight excluding hydrogens is 699 g/mol. The molecule has 0 radical (unpaired) electrons. The number of benzene rings is 8. The van der Waals surface area contributed by atoms with Gasteiger partial charge in [-0.2, -0.15) is 0 Å². The average molecular weight is 728 g/mol. The van der Waals surface area contributed by atoms with Crippen LogP contribution in [0.5, 0.6) is 11.5 Å². The minimum atomic E-state index is -2.77. The molecule has 4 heterocycles. The maximum absolute atomic E-state index is 6.98. The van der Waals surface area contributed by atoms with Gasteiger partial charge in [0, 0.05) is 66.6 Å². The Balaban J connectivity index is 1.11. The molecule has 0 atom stereocenters. The first-order valence-electron chi connectivity index (χ1n) is 18.2. The van der Waals surface area contributed by atoms with Gasteiger partial charge in [-0.25, -0.2) is 0 Å². The van der Waals surface area contributed by atoms with Crippen LogP contribution in [-0.4, -0.2) is 8.07 Å². The van der Waals surface area contributed by atoms with Crippen LogP contribution in [0.2, 0.25) is 0 Å². The van der Waals surface area contributed by atoms with E-state index < -0.39 is 8.07 Å². The van der Waals surface area contributed by atoms with Gasteiger partial charge in [-0.3, -0.25) is 0 Å². The molecule has 0 aliphatic carbocycles. The van der Waals surface area contributed by atoms with Crippen molar-refractivity contribution in [2.45, 2.75) is 9.79 Å². The van der Waals surface area contributed by atoms with Crippen LogP contribution in [0.25, 0.3) is 43.9 Å². The lowest BCUT2D eigenvalue weighted by Crippen LogP contribution is -2.77. The first-order chi connectivity index (χ1) is 26.7. The van der Waals surface area contributed by atoms with Gasteiger partial charge in [0.05, 0.1) is 0 Å². The zero-order chi connectivity index (χ0) is 35.4. The summed E-state index contributed by atoms with van der Waals surface area (Å²) < 4.78 is 19.8. The number of hydrogen-bond donors (Lipinski definition) is 0. The zero-order valence-electron chi connectivity index (χ0n) is 28.8. The van der Waals surface area contributed by atoms with Crippen LogP contribution in [0.1, 0.15) is 0 Å². The lowest BCUT2D eigenvalue weighted by atomic mass is 10.1. The second-order valence-corrected chi connectivity index (χ2v) is 18.8. The molecule has 10 aromatic rings. The Kier molecular flexibility index (Phi) is 6.27. The lowest BCUT2D eigenvalue weighted by molar-refractivity contribution is 0.487. The number of para-hydroxylation sites is 3. The monoisotopic (exact) mass is 727 g/mol. The molecule has 0 unspecified atom stereocenters. The van der Waals surface area contributed by atoms with Crippen molar-refractivity contribution in [1.29, 1.82) is 0 Å². The molecule has 54 heavy (non-hydrogen) atoms. The topological polar surface area (TPSA) is 38.8 Å². The van der Waals surface area contributed by atoms with Gasteiger partial charge >= 0.3 is 0 Å². The Labute approximate surface area is 315 Å². The number of hydrogen-bond acceptors (Lipinski definition) is 5. The molecule has 4 nitrogen and oxygen atoms in total. The molecule has 8 aromatic carbocycles. The molecular formula is C48H29NO3SSi. The predicted molar refractivity (Wildman–Crippen MR) is 223 cm³/mol. The van der Waals surface area contributed by atoms with E-state index in [2.05, 4.69) is 157 Å². The predicted octanol–water partition coefficient (Wildman–Crippen LogP) is 10.9. The third-order valence-corrected chi connectivity index (χ3v) is 17.6. The fourth-order valence-corrected chi connectivity index (χ4v) is 16.0. The number of nitrogens with zero attached hydrogens (tertiary/aromatic N) is 1. The van der Waals surface area contributed by atoms with Crippen LogP contribution in [0, 0.1) is 0 Å². The van der Waals surface area contributed by atoms with Crippen LogP contribution in [0.15, 0.2) is 195 Å². The zero-order valence-corrected chi connectivity index (χ0v) is 30.6. The molecule has 0 fully saturated rings. The molecule has 0 saturated carbocycles. The van der Waals surface area contributed by atoms with Gasteiger partial charge < -0.3 is 18.5 Å². The SMILES string of the molecule is c1ccc2c(c1)Oc1cc(N(c3ccc4c(c3)oc3ccccc34)c3ccc4c(c3)oc3ccccc34)ccc1[Si]21c2ccccc2Sc2ccccc21. The molecule has 0 N–H and O–H groups in total. The van der Waals surface area contributed by atoms with Crippen molar-refractivity contribution in [3.8, 4) is 11.5 Å². The van der Waals surface area contributed by atoms with E-state index in [1.54, 1.807) is 0 Å². The number of ether oxygens (including phenoxy) is 1. The number of furan rings is 2. The summed E-state index contributed by atoms with van der Waals surface area (Å²) in [4.78, 5) is 4.92. The maximum Gasteiger partial charge on any atom is 0.190 e. The van der Waals surface area contributed by atoms with Crippen LogP contribution in [-0.2, 0) is 0 Å². The fraction of sp³-hybridized carbons (Fsp3) is 0. The third kappa shape index (κ3) is 4.15. The van der Waals surface area contributed by atoms with E-state index in [1.807, 2.05) is 36.0 Å². The van der Waals surface area contributed by atoms with Gasteiger partial charge in [0.2, 0.25) is 0 Å². The Morgan fingerprint density at radius 2 is 0.833 bits per heavy atom. The number of anilines is 3. The normalized spacial score (nSPS) is 13.8. The first-order valence-corrected chi connectivity index (χ1v) is 21.0. The largest absolute Gasteiger partial charge is 0.457 e. The van der Waals surface area contributed by atoms with E-state index in [4.69, 9.17) is 13.6 Å². The quantitative estimate of drug-likeness (QED) is 0.169. The highest BCUT2D eigenvalue weighted by Crippen LogP contribution is 2.44. The van der Waals surface area contributed by atoms with Gasteiger partial charge in [0.15, 0.2) is 8.07 Å². The minimum absolute atomic E-state index is 0.839.